The van der Waals surface area contributed by atoms with Gasteiger partial charge in [0.25, 0.3) is 0 Å². The number of alkyl halides is 3. The van der Waals surface area contributed by atoms with Crippen LogP contribution in [0.2, 0.25) is 0 Å². The van der Waals surface area contributed by atoms with Crippen molar-refractivity contribution in [3.8, 4) is 0 Å². The monoisotopic (exact) mass is 427 g/mol. The number of nitrogens with one attached hydrogen (secondary N) is 1. The fraction of sp³-hybridized carbons (Fsp3) is 0.667. The molecule has 9 heteroatoms. The van der Waals surface area contributed by atoms with Crippen LogP contribution in [0.3, 0.4) is 0 Å². The van der Waals surface area contributed by atoms with Crippen molar-refractivity contribution in [3.05, 3.63) is 35.4 Å². The average Bonchev–Trinajstić information content (AvgIpc) is 2.74. The third kappa shape index (κ3) is 6.33. The van der Waals surface area contributed by atoms with E-state index in [0.717, 1.165) is 44.4 Å². The molecule has 2 aliphatic heterocycles. The van der Waals surface area contributed by atoms with E-state index in [1.807, 2.05) is 4.90 Å². The number of hydrogen-bond acceptors (Lipinski definition) is 4. The van der Waals surface area contributed by atoms with Crippen LogP contribution in [-0.4, -0.2) is 92.4 Å². The number of rotatable bonds is 5. The standard InChI is InChI=1S/C21H32F3N5O/c1-17(21(22,23)24)28-6-8-29(9-7-28)20(25-2)26-15-18-4-3-5-19(14-18)16-27-10-12-30-13-11-27/h3-5,14,17H,6-13,15-16H2,1-2H3,(H,25,26). The molecule has 168 valence electrons. The zero-order valence-corrected chi connectivity index (χ0v) is 17.8. The first kappa shape index (κ1) is 22.8. The number of halogens is 3. The molecule has 0 amide bonds. The van der Waals surface area contributed by atoms with Gasteiger partial charge in [-0.3, -0.25) is 14.8 Å². The van der Waals surface area contributed by atoms with E-state index in [-0.39, 0.29) is 0 Å². The Balaban J connectivity index is 1.49. The molecule has 2 fully saturated rings. The van der Waals surface area contributed by atoms with Crippen molar-refractivity contribution in [2.75, 3.05) is 59.5 Å². The van der Waals surface area contributed by atoms with Crippen LogP contribution >= 0.6 is 0 Å². The van der Waals surface area contributed by atoms with Gasteiger partial charge in [-0.05, 0) is 18.1 Å². The lowest BCUT2D eigenvalue weighted by Gasteiger charge is -2.39. The van der Waals surface area contributed by atoms with Gasteiger partial charge in [-0.15, -0.1) is 0 Å². The molecule has 2 heterocycles. The van der Waals surface area contributed by atoms with Gasteiger partial charge in [-0.2, -0.15) is 13.2 Å². The molecule has 2 saturated heterocycles. The van der Waals surface area contributed by atoms with E-state index in [1.165, 1.54) is 17.4 Å². The summed E-state index contributed by atoms with van der Waals surface area (Å²) in [5.74, 6) is 0.730. The molecule has 0 bridgehead atoms. The second kappa shape index (κ2) is 10.5. The number of guanidine groups is 1. The summed E-state index contributed by atoms with van der Waals surface area (Å²) < 4.78 is 44.2. The molecule has 0 saturated carbocycles. The summed E-state index contributed by atoms with van der Waals surface area (Å²) in [5.41, 5.74) is 2.42. The summed E-state index contributed by atoms with van der Waals surface area (Å²) in [6, 6.07) is 7.05. The Kier molecular flexibility index (Phi) is 7.96. The third-order valence-corrected chi connectivity index (χ3v) is 5.80. The molecule has 1 N–H and O–H groups in total. The highest BCUT2D eigenvalue weighted by Gasteiger charge is 2.41. The van der Waals surface area contributed by atoms with Crippen LogP contribution in [0.5, 0.6) is 0 Å². The van der Waals surface area contributed by atoms with E-state index < -0.39 is 12.2 Å². The minimum atomic E-state index is -4.19. The summed E-state index contributed by atoms with van der Waals surface area (Å²) in [7, 11) is 1.71. The topological polar surface area (TPSA) is 43.3 Å². The normalized spacial score (nSPS) is 21.0. The number of benzene rings is 1. The maximum absolute atomic E-state index is 12.9. The van der Waals surface area contributed by atoms with Gasteiger partial charge in [-0.25, -0.2) is 0 Å². The number of piperazine rings is 1. The van der Waals surface area contributed by atoms with Gasteiger partial charge in [0.1, 0.15) is 6.04 Å². The predicted octanol–water partition coefficient (Wildman–Crippen LogP) is 2.16. The van der Waals surface area contributed by atoms with Crippen LogP contribution in [0.4, 0.5) is 13.2 Å². The first-order valence-electron chi connectivity index (χ1n) is 10.5. The number of ether oxygens (including phenoxy) is 1. The van der Waals surface area contributed by atoms with Crippen molar-refractivity contribution < 1.29 is 17.9 Å². The fourth-order valence-electron chi connectivity index (χ4n) is 3.90. The van der Waals surface area contributed by atoms with Gasteiger partial charge in [0, 0.05) is 59.4 Å². The highest BCUT2D eigenvalue weighted by atomic mass is 19.4. The molecular formula is C21H32F3N5O. The maximum Gasteiger partial charge on any atom is 0.403 e. The van der Waals surface area contributed by atoms with Crippen LogP contribution in [0.25, 0.3) is 0 Å². The van der Waals surface area contributed by atoms with Crippen molar-refractivity contribution in [1.82, 2.24) is 20.0 Å². The number of nitrogens with zero attached hydrogens (tertiary/aromatic N) is 4. The lowest BCUT2D eigenvalue weighted by Crippen LogP contribution is -2.56. The van der Waals surface area contributed by atoms with Gasteiger partial charge in [0.05, 0.1) is 13.2 Å². The molecule has 0 aliphatic carbocycles. The van der Waals surface area contributed by atoms with Gasteiger partial charge in [0.2, 0.25) is 0 Å². The van der Waals surface area contributed by atoms with E-state index >= 15 is 0 Å². The van der Waals surface area contributed by atoms with Crippen LogP contribution in [0, 0.1) is 0 Å². The van der Waals surface area contributed by atoms with Crippen molar-refractivity contribution >= 4 is 5.96 Å². The van der Waals surface area contributed by atoms with Crippen LogP contribution in [0.15, 0.2) is 29.3 Å². The van der Waals surface area contributed by atoms with Gasteiger partial charge < -0.3 is 15.0 Å². The van der Waals surface area contributed by atoms with E-state index in [9.17, 15) is 13.2 Å². The Bertz CT molecular complexity index is 698. The van der Waals surface area contributed by atoms with Gasteiger partial charge >= 0.3 is 6.18 Å². The summed E-state index contributed by atoms with van der Waals surface area (Å²) in [6.45, 7) is 8.03. The van der Waals surface area contributed by atoms with E-state index in [4.69, 9.17) is 4.74 Å². The zero-order chi connectivity index (χ0) is 21.6. The highest BCUT2D eigenvalue weighted by Crippen LogP contribution is 2.25. The molecule has 1 aromatic carbocycles. The Labute approximate surface area is 176 Å². The van der Waals surface area contributed by atoms with Crippen LogP contribution < -0.4 is 5.32 Å². The predicted molar refractivity (Wildman–Crippen MR) is 111 cm³/mol. The molecule has 2 aliphatic rings. The zero-order valence-electron chi connectivity index (χ0n) is 17.8. The first-order valence-corrected chi connectivity index (χ1v) is 10.5. The summed E-state index contributed by atoms with van der Waals surface area (Å²) in [4.78, 5) is 10.2. The molecule has 0 spiro atoms. The van der Waals surface area contributed by atoms with E-state index in [2.05, 4.69) is 39.5 Å². The first-order chi connectivity index (χ1) is 14.4. The van der Waals surface area contributed by atoms with Crippen LogP contribution in [0.1, 0.15) is 18.1 Å². The number of hydrogen-bond donors (Lipinski definition) is 1. The van der Waals surface area contributed by atoms with Crippen molar-refractivity contribution in [3.63, 3.8) is 0 Å². The van der Waals surface area contributed by atoms with Crippen molar-refractivity contribution in [1.29, 1.82) is 0 Å². The maximum atomic E-state index is 12.9. The SMILES string of the molecule is CN=C(NCc1cccc(CN2CCOCC2)c1)N1CCN(C(C)C(F)(F)F)CC1. The lowest BCUT2D eigenvalue weighted by molar-refractivity contribution is -0.181. The van der Waals surface area contributed by atoms with E-state index in [1.54, 1.807) is 7.05 Å². The largest absolute Gasteiger partial charge is 0.403 e. The Hall–Kier alpha value is -1.84. The molecule has 1 aromatic rings. The van der Waals surface area contributed by atoms with Crippen molar-refractivity contribution in [2.45, 2.75) is 32.2 Å². The lowest BCUT2D eigenvalue weighted by atomic mass is 10.1. The number of aliphatic imine (C=N–C) groups is 1. The Morgan fingerprint density at radius 3 is 2.40 bits per heavy atom. The molecule has 30 heavy (non-hydrogen) atoms. The molecule has 1 unspecified atom stereocenters. The van der Waals surface area contributed by atoms with Gasteiger partial charge in [-0.1, -0.05) is 24.3 Å². The van der Waals surface area contributed by atoms with Gasteiger partial charge in [0.15, 0.2) is 5.96 Å². The molecule has 0 aromatic heterocycles. The second-order valence-electron chi connectivity index (χ2n) is 7.85. The molecule has 1 atom stereocenters. The molecule has 6 nitrogen and oxygen atoms in total. The fourth-order valence-corrected chi connectivity index (χ4v) is 3.90. The minimum Gasteiger partial charge on any atom is -0.379 e. The number of morpholine rings is 1. The molecular weight excluding hydrogens is 395 g/mol. The summed E-state index contributed by atoms with van der Waals surface area (Å²) >= 11 is 0. The molecule has 3 rings (SSSR count). The Morgan fingerprint density at radius 1 is 1.10 bits per heavy atom. The third-order valence-electron chi connectivity index (χ3n) is 5.80. The van der Waals surface area contributed by atoms with E-state index in [0.29, 0.717) is 32.7 Å². The summed E-state index contributed by atoms with van der Waals surface area (Å²) in [5, 5.41) is 3.36. The Morgan fingerprint density at radius 2 is 1.77 bits per heavy atom. The molecule has 0 radical (unpaired) electrons. The average molecular weight is 428 g/mol. The summed E-state index contributed by atoms with van der Waals surface area (Å²) in [6.07, 6.45) is -4.19. The highest BCUT2D eigenvalue weighted by molar-refractivity contribution is 5.80. The minimum absolute atomic E-state index is 0.371. The van der Waals surface area contributed by atoms with Crippen molar-refractivity contribution in [2.24, 2.45) is 4.99 Å². The van der Waals surface area contributed by atoms with Crippen LogP contribution in [-0.2, 0) is 17.8 Å². The second-order valence-corrected chi connectivity index (χ2v) is 7.85. The quantitative estimate of drug-likeness (QED) is 0.576. The smallest absolute Gasteiger partial charge is 0.379 e.